The van der Waals surface area contributed by atoms with E-state index >= 15 is 0 Å². The zero-order valence-electron chi connectivity index (χ0n) is 9.61. The van der Waals surface area contributed by atoms with Crippen LogP contribution in [0.1, 0.15) is 37.7 Å². The Balaban J connectivity index is 1.91. The zero-order chi connectivity index (χ0) is 11.0. The summed E-state index contributed by atoms with van der Waals surface area (Å²) in [4.78, 5) is 0. The predicted molar refractivity (Wildman–Crippen MR) is 64.7 cm³/mol. The first kappa shape index (κ1) is 10.2. The molecular formula is C14H19NO. The Morgan fingerprint density at radius 3 is 2.56 bits per heavy atom. The molecule has 0 unspecified atom stereocenters. The highest BCUT2D eigenvalue weighted by atomic mass is 16.5. The number of nitrogens with two attached hydrogens (primary N) is 1. The van der Waals surface area contributed by atoms with Crippen LogP contribution in [-0.2, 0) is 5.41 Å². The maximum absolute atomic E-state index is 5.98. The number of rotatable bonds is 4. The van der Waals surface area contributed by atoms with Gasteiger partial charge >= 0.3 is 0 Å². The van der Waals surface area contributed by atoms with Crippen LogP contribution in [0, 0.1) is 0 Å². The Labute approximate surface area is 96.8 Å². The number of hydrogen-bond donors (Lipinski definition) is 1. The van der Waals surface area contributed by atoms with Gasteiger partial charge in [0.1, 0.15) is 5.75 Å². The van der Waals surface area contributed by atoms with Crippen molar-refractivity contribution in [1.82, 2.24) is 0 Å². The van der Waals surface area contributed by atoms with Crippen molar-refractivity contribution >= 4 is 0 Å². The number of hydrogen-bond acceptors (Lipinski definition) is 2. The topological polar surface area (TPSA) is 35.2 Å². The summed E-state index contributed by atoms with van der Waals surface area (Å²) >= 11 is 0. The van der Waals surface area contributed by atoms with Gasteiger partial charge in [-0.05, 0) is 31.7 Å². The molecule has 0 aliphatic heterocycles. The average molecular weight is 217 g/mol. The molecule has 0 amide bonds. The molecule has 2 saturated carbocycles. The Kier molecular flexibility index (Phi) is 2.40. The smallest absolute Gasteiger partial charge is 0.123 e. The summed E-state index contributed by atoms with van der Waals surface area (Å²) in [6.07, 6.45) is 6.63. The molecule has 0 aromatic heterocycles. The van der Waals surface area contributed by atoms with E-state index in [2.05, 4.69) is 24.3 Å². The van der Waals surface area contributed by atoms with Crippen molar-refractivity contribution in [2.75, 3.05) is 6.54 Å². The highest BCUT2D eigenvalue weighted by molar-refractivity contribution is 5.41. The van der Waals surface area contributed by atoms with Crippen LogP contribution in [-0.4, -0.2) is 12.6 Å². The van der Waals surface area contributed by atoms with E-state index < -0.39 is 0 Å². The average Bonchev–Trinajstić information content (AvgIpc) is 3.04. The third kappa shape index (κ3) is 1.61. The lowest BCUT2D eigenvalue weighted by molar-refractivity contribution is 0.231. The van der Waals surface area contributed by atoms with E-state index in [0.29, 0.717) is 6.10 Å². The lowest BCUT2D eigenvalue weighted by Crippen LogP contribution is -2.41. The van der Waals surface area contributed by atoms with Gasteiger partial charge in [-0.1, -0.05) is 24.6 Å². The van der Waals surface area contributed by atoms with Gasteiger partial charge < -0.3 is 10.5 Å². The summed E-state index contributed by atoms with van der Waals surface area (Å²) in [5, 5.41) is 0. The van der Waals surface area contributed by atoms with Crippen molar-refractivity contribution in [3.63, 3.8) is 0 Å². The summed E-state index contributed by atoms with van der Waals surface area (Å²) in [5.74, 6) is 1.08. The molecule has 2 aliphatic rings. The number of ether oxygens (including phenoxy) is 1. The molecule has 0 radical (unpaired) electrons. The molecule has 2 heteroatoms. The molecule has 1 aromatic carbocycles. The summed E-state index contributed by atoms with van der Waals surface area (Å²) < 4.78 is 5.98. The summed E-state index contributed by atoms with van der Waals surface area (Å²) in [6.45, 7) is 0.748. The van der Waals surface area contributed by atoms with Crippen LogP contribution < -0.4 is 10.5 Å². The SMILES string of the molecule is NCC1(c2ccccc2OC2CC2)CCC1. The van der Waals surface area contributed by atoms with E-state index in [1.165, 1.54) is 37.7 Å². The van der Waals surface area contributed by atoms with E-state index in [4.69, 9.17) is 10.5 Å². The Morgan fingerprint density at radius 2 is 2.00 bits per heavy atom. The fourth-order valence-corrected chi connectivity index (χ4v) is 2.56. The highest BCUT2D eigenvalue weighted by Gasteiger charge is 2.40. The standard InChI is InChI=1S/C14H19NO/c15-10-14(8-3-9-14)12-4-1-2-5-13(12)16-11-6-7-11/h1-2,4-5,11H,3,6-10,15H2. The van der Waals surface area contributed by atoms with Gasteiger partial charge in [0, 0.05) is 17.5 Å². The van der Waals surface area contributed by atoms with Gasteiger partial charge in [0.05, 0.1) is 6.10 Å². The largest absolute Gasteiger partial charge is 0.490 e. The van der Waals surface area contributed by atoms with Crippen molar-refractivity contribution in [2.45, 2.75) is 43.6 Å². The Bertz CT molecular complexity index is 375. The van der Waals surface area contributed by atoms with Crippen molar-refractivity contribution in [3.8, 4) is 5.75 Å². The van der Waals surface area contributed by atoms with Crippen LogP contribution in [0.5, 0.6) is 5.75 Å². The first-order valence-corrected chi connectivity index (χ1v) is 6.30. The highest BCUT2D eigenvalue weighted by Crippen LogP contribution is 2.47. The van der Waals surface area contributed by atoms with Crippen LogP contribution in [0.4, 0.5) is 0 Å². The maximum Gasteiger partial charge on any atom is 0.123 e. The van der Waals surface area contributed by atoms with E-state index in [1.807, 2.05) is 0 Å². The normalized spacial score (nSPS) is 22.6. The second kappa shape index (κ2) is 3.77. The molecule has 86 valence electrons. The fraction of sp³-hybridized carbons (Fsp3) is 0.571. The lowest BCUT2D eigenvalue weighted by Gasteiger charge is -2.42. The summed E-state index contributed by atoms with van der Waals surface area (Å²) in [6, 6.07) is 8.46. The molecule has 3 rings (SSSR count). The minimum atomic E-state index is 0.214. The van der Waals surface area contributed by atoms with Crippen molar-refractivity contribution in [2.24, 2.45) is 5.73 Å². The van der Waals surface area contributed by atoms with Gasteiger partial charge in [-0.3, -0.25) is 0 Å². The van der Waals surface area contributed by atoms with Crippen molar-refractivity contribution in [1.29, 1.82) is 0 Å². The maximum atomic E-state index is 5.98. The molecule has 0 heterocycles. The molecule has 16 heavy (non-hydrogen) atoms. The van der Waals surface area contributed by atoms with Crippen LogP contribution in [0.25, 0.3) is 0 Å². The minimum absolute atomic E-state index is 0.214. The van der Waals surface area contributed by atoms with Gasteiger partial charge in [0.15, 0.2) is 0 Å². The lowest BCUT2D eigenvalue weighted by atomic mass is 9.64. The molecule has 1 aromatic rings. The van der Waals surface area contributed by atoms with Gasteiger partial charge in [-0.25, -0.2) is 0 Å². The summed E-state index contributed by atoms with van der Waals surface area (Å²) in [7, 11) is 0. The van der Waals surface area contributed by atoms with Gasteiger partial charge in [0.25, 0.3) is 0 Å². The van der Waals surface area contributed by atoms with E-state index in [9.17, 15) is 0 Å². The van der Waals surface area contributed by atoms with Gasteiger partial charge in [-0.2, -0.15) is 0 Å². The molecule has 0 atom stereocenters. The second-order valence-electron chi connectivity index (χ2n) is 5.15. The molecule has 0 spiro atoms. The van der Waals surface area contributed by atoms with Crippen LogP contribution in [0.2, 0.25) is 0 Å². The van der Waals surface area contributed by atoms with E-state index in [-0.39, 0.29) is 5.41 Å². The monoisotopic (exact) mass is 217 g/mol. The quantitative estimate of drug-likeness (QED) is 0.841. The molecule has 2 fully saturated rings. The van der Waals surface area contributed by atoms with E-state index in [0.717, 1.165) is 12.3 Å². The molecule has 2 nitrogen and oxygen atoms in total. The van der Waals surface area contributed by atoms with Crippen LogP contribution >= 0.6 is 0 Å². The number of para-hydroxylation sites is 1. The van der Waals surface area contributed by atoms with Gasteiger partial charge in [-0.15, -0.1) is 0 Å². The first-order chi connectivity index (χ1) is 7.84. The molecule has 0 saturated heterocycles. The van der Waals surface area contributed by atoms with Crippen LogP contribution in [0.15, 0.2) is 24.3 Å². The Hall–Kier alpha value is -1.02. The molecule has 2 N–H and O–H groups in total. The number of benzene rings is 1. The first-order valence-electron chi connectivity index (χ1n) is 6.30. The van der Waals surface area contributed by atoms with E-state index in [1.54, 1.807) is 0 Å². The fourth-order valence-electron chi connectivity index (χ4n) is 2.56. The third-order valence-electron chi connectivity index (χ3n) is 3.98. The van der Waals surface area contributed by atoms with Gasteiger partial charge in [0.2, 0.25) is 0 Å². The Morgan fingerprint density at radius 1 is 1.25 bits per heavy atom. The second-order valence-corrected chi connectivity index (χ2v) is 5.15. The molecular weight excluding hydrogens is 198 g/mol. The molecule has 2 aliphatic carbocycles. The zero-order valence-corrected chi connectivity index (χ0v) is 9.61. The predicted octanol–water partition coefficient (Wildman–Crippen LogP) is 2.61. The van der Waals surface area contributed by atoms with Crippen molar-refractivity contribution in [3.05, 3.63) is 29.8 Å². The minimum Gasteiger partial charge on any atom is -0.490 e. The summed E-state index contributed by atoms with van der Waals surface area (Å²) in [5.41, 5.74) is 7.52. The third-order valence-corrected chi connectivity index (χ3v) is 3.98. The van der Waals surface area contributed by atoms with Crippen molar-refractivity contribution < 1.29 is 4.74 Å². The van der Waals surface area contributed by atoms with Crippen LogP contribution in [0.3, 0.4) is 0 Å². The molecule has 0 bridgehead atoms.